The first kappa shape index (κ1) is 15.8. The minimum absolute atomic E-state index is 0.0807. The van der Waals surface area contributed by atoms with Gasteiger partial charge in [0.1, 0.15) is 0 Å². The second-order valence-corrected chi connectivity index (χ2v) is 7.55. The molecule has 1 heterocycles. The summed E-state index contributed by atoms with van der Waals surface area (Å²) in [5.74, 6) is 0.339. The minimum atomic E-state index is -3.49. The van der Waals surface area contributed by atoms with Crippen molar-refractivity contribution in [2.75, 3.05) is 13.1 Å². The highest BCUT2D eigenvalue weighted by molar-refractivity contribution is 7.89. The highest BCUT2D eigenvalue weighted by atomic mass is 35.5. The van der Waals surface area contributed by atoms with Crippen LogP contribution in [0, 0.1) is 12.8 Å². The number of benzene rings is 1. The summed E-state index contributed by atoms with van der Waals surface area (Å²) < 4.78 is 27.7. The van der Waals surface area contributed by atoms with E-state index in [1.54, 1.807) is 25.1 Å². The molecule has 6 heteroatoms. The minimum Gasteiger partial charge on any atom is -0.316 e. The van der Waals surface area contributed by atoms with Crippen LogP contribution in [-0.2, 0) is 10.0 Å². The van der Waals surface area contributed by atoms with Crippen LogP contribution in [0.3, 0.4) is 0 Å². The molecule has 20 heavy (non-hydrogen) atoms. The average Bonchev–Trinajstić information content (AvgIpc) is 2.38. The van der Waals surface area contributed by atoms with Gasteiger partial charge in [0.05, 0.1) is 4.90 Å². The third kappa shape index (κ3) is 3.73. The summed E-state index contributed by atoms with van der Waals surface area (Å²) in [7, 11) is -3.49. The molecule has 1 aliphatic heterocycles. The molecule has 4 nitrogen and oxygen atoms in total. The van der Waals surface area contributed by atoms with Crippen LogP contribution in [0.2, 0.25) is 5.02 Å². The van der Waals surface area contributed by atoms with Gasteiger partial charge in [-0.1, -0.05) is 11.6 Å². The normalized spacial score (nSPS) is 21.6. The fourth-order valence-electron chi connectivity index (χ4n) is 2.62. The lowest BCUT2D eigenvalue weighted by Gasteiger charge is -2.28. The number of halogens is 1. The first-order valence-corrected chi connectivity index (χ1v) is 8.75. The van der Waals surface area contributed by atoms with Crippen LogP contribution in [0.25, 0.3) is 0 Å². The van der Waals surface area contributed by atoms with E-state index in [0.29, 0.717) is 21.4 Å². The second kappa shape index (κ2) is 6.43. The lowest BCUT2D eigenvalue weighted by molar-refractivity contribution is 0.320. The molecule has 0 aromatic heterocycles. The van der Waals surface area contributed by atoms with Crippen LogP contribution in [0.4, 0.5) is 0 Å². The van der Waals surface area contributed by atoms with Gasteiger partial charge in [0.2, 0.25) is 10.0 Å². The van der Waals surface area contributed by atoms with E-state index >= 15 is 0 Å². The summed E-state index contributed by atoms with van der Waals surface area (Å²) in [4.78, 5) is 0.303. The molecule has 112 valence electrons. The number of nitrogens with one attached hydrogen (secondary N) is 2. The highest BCUT2D eigenvalue weighted by Gasteiger charge is 2.25. The molecule has 2 rings (SSSR count). The van der Waals surface area contributed by atoms with Crippen molar-refractivity contribution in [3.8, 4) is 0 Å². The van der Waals surface area contributed by atoms with Gasteiger partial charge in [0.25, 0.3) is 0 Å². The van der Waals surface area contributed by atoms with Gasteiger partial charge in [-0.15, -0.1) is 0 Å². The maximum absolute atomic E-state index is 12.4. The molecule has 0 saturated carbocycles. The Balaban J connectivity index is 2.13. The molecule has 1 fully saturated rings. The molecule has 0 bridgehead atoms. The largest absolute Gasteiger partial charge is 0.316 e. The molecule has 2 N–H and O–H groups in total. The molecular formula is C14H21ClN2O2S. The van der Waals surface area contributed by atoms with E-state index in [1.165, 1.54) is 0 Å². The quantitative estimate of drug-likeness (QED) is 0.896. The lowest BCUT2D eigenvalue weighted by Crippen LogP contribution is -2.44. The predicted octanol–water partition coefficient (Wildman–Crippen LogP) is 2.31. The lowest BCUT2D eigenvalue weighted by atomic mass is 9.94. The second-order valence-electron chi connectivity index (χ2n) is 5.43. The van der Waals surface area contributed by atoms with Crippen LogP contribution < -0.4 is 10.0 Å². The number of hydrogen-bond acceptors (Lipinski definition) is 3. The standard InChI is InChI=1S/C14H21ClN2O2S/c1-10-8-13(15)5-6-14(10)20(18,19)17-11(2)12-4-3-7-16-9-12/h5-6,8,11-12,16-17H,3-4,7,9H2,1-2H3. The fraction of sp³-hybridized carbons (Fsp3) is 0.571. The summed E-state index contributed by atoms with van der Waals surface area (Å²) in [5, 5.41) is 3.86. The van der Waals surface area contributed by atoms with Crippen molar-refractivity contribution >= 4 is 21.6 Å². The van der Waals surface area contributed by atoms with Crippen molar-refractivity contribution < 1.29 is 8.42 Å². The molecule has 0 radical (unpaired) electrons. The average molecular weight is 317 g/mol. The molecular weight excluding hydrogens is 296 g/mol. The molecule has 1 aliphatic rings. The van der Waals surface area contributed by atoms with Crippen LogP contribution in [0.1, 0.15) is 25.3 Å². The van der Waals surface area contributed by atoms with Gasteiger partial charge in [0, 0.05) is 11.1 Å². The topological polar surface area (TPSA) is 58.2 Å². The fourth-order valence-corrected chi connectivity index (χ4v) is 4.39. The van der Waals surface area contributed by atoms with Gasteiger partial charge in [-0.05, 0) is 69.5 Å². The Morgan fingerprint density at radius 1 is 1.45 bits per heavy atom. The molecule has 1 aromatic carbocycles. The maximum Gasteiger partial charge on any atom is 0.241 e. The van der Waals surface area contributed by atoms with Gasteiger partial charge in [-0.3, -0.25) is 0 Å². The first-order chi connectivity index (χ1) is 9.40. The van der Waals surface area contributed by atoms with E-state index in [0.717, 1.165) is 25.9 Å². The zero-order chi connectivity index (χ0) is 14.8. The van der Waals surface area contributed by atoms with E-state index in [-0.39, 0.29) is 6.04 Å². The SMILES string of the molecule is Cc1cc(Cl)ccc1S(=O)(=O)NC(C)C1CCCNC1. The third-order valence-corrected chi connectivity index (χ3v) is 5.76. The molecule has 1 aromatic rings. The van der Waals surface area contributed by atoms with Crippen molar-refractivity contribution in [2.45, 2.75) is 37.6 Å². The van der Waals surface area contributed by atoms with Crippen molar-refractivity contribution in [1.82, 2.24) is 10.0 Å². The number of rotatable bonds is 4. The molecule has 0 aliphatic carbocycles. The third-order valence-electron chi connectivity index (χ3n) is 3.81. The Kier molecular flexibility index (Phi) is 5.07. The van der Waals surface area contributed by atoms with Crippen LogP contribution >= 0.6 is 11.6 Å². The van der Waals surface area contributed by atoms with Crippen LogP contribution in [0.5, 0.6) is 0 Å². The zero-order valence-electron chi connectivity index (χ0n) is 11.8. The Morgan fingerprint density at radius 3 is 2.80 bits per heavy atom. The van der Waals surface area contributed by atoms with E-state index in [9.17, 15) is 8.42 Å². The summed E-state index contributed by atoms with van der Waals surface area (Å²) in [6.45, 7) is 5.57. The maximum atomic E-state index is 12.4. The zero-order valence-corrected chi connectivity index (χ0v) is 13.4. The summed E-state index contributed by atoms with van der Waals surface area (Å²) in [6, 6.07) is 4.76. The first-order valence-electron chi connectivity index (χ1n) is 6.89. The van der Waals surface area contributed by atoms with Gasteiger partial charge in [-0.2, -0.15) is 0 Å². The van der Waals surface area contributed by atoms with Crippen molar-refractivity contribution in [2.24, 2.45) is 5.92 Å². The summed E-state index contributed by atoms with van der Waals surface area (Å²) >= 11 is 5.87. The Bertz CT molecular complexity index is 569. The van der Waals surface area contributed by atoms with Crippen molar-refractivity contribution in [1.29, 1.82) is 0 Å². The van der Waals surface area contributed by atoms with Crippen molar-refractivity contribution in [3.63, 3.8) is 0 Å². The summed E-state index contributed by atoms with van der Waals surface area (Å²) in [5.41, 5.74) is 0.666. The van der Waals surface area contributed by atoms with Gasteiger partial charge in [0.15, 0.2) is 0 Å². The van der Waals surface area contributed by atoms with Crippen LogP contribution in [0.15, 0.2) is 23.1 Å². The number of piperidine rings is 1. The molecule has 2 atom stereocenters. The monoisotopic (exact) mass is 316 g/mol. The Labute approximate surface area is 126 Å². The van der Waals surface area contributed by atoms with Crippen molar-refractivity contribution in [3.05, 3.63) is 28.8 Å². The number of hydrogen-bond donors (Lipinski definition) is 2. The van der Waals surface area contributed by atoms with Gasteiger partial charge >= 0.3 is 0 Å². The molecule has 1 saturated heterocycles. The van der Waals surface area contributed by atoms with E-state index in [2.05, 4.69) is 10.0 Å². The highest BCUT2D eigenvalue weighted by Crippen LogP contribution is 2.21. The number of aryl methyl sites for hydroxylation is 1. The summed E-state index contributed by atoms with van der Waals surface area (Å²) in [6.07, 6.45) is 2.15. The van der Waals surface area contributed by atoms with Crippen LogP contribution in [-0.4, -0.2) is 27.5 Å². The Morgan fingerprint density at radius 2 is 2.20 bits per heavy atom. The van der Waals surface area contributed by atoms with Gasteiger partial charge < -0.3 is 5.32 Å². The molecule has 2 unspecified atom stereocenters. The number of sulfonamides is 1. The van der Waals surface area contributed by atoms with E-state index < -0.39 is 10.0 Å². The Hall–Kier alpha value is -0.620. The predicted molar refractivity (Wildman–Crippen MR) is 81.6 cm³/mol. The van der Waals surface area contributed by atoms with Gasteiger partial charge in [-0.25, -0.2) is 13.1 Å². The smallest absolute Gasteiger partial charge is 0.241 e. The molecule has 0 amide bonds. The van der Waals surface area contributed by atoms with E-state index in [1.807, 2.05) is 6.92 Å². The van der Waals surface area contributed by atoms with E-state index in [4.69, 9.17) is 11.6 Å². The molecule has 0 spiro atoms.